The molecule has 0 amide bonds. The molecule has 7 heteroatoms. The van der Waals surface area contributed by atoms with E-state index in [2.05, 4.69) is 10.3 Å². The normalized spacial score (nSPS) is 11.8. The zero-order valence-electron chi connectivity index (χ0n) is 13.3. The number of aromatic hydroxyl groups is 1. The number of pyridine rings is 1. The van der Waals surface area contributed by atoms with Crippen LogP contribution in [0.4, 0.5) is 11.5 Å². The second-order valence-corrected chi connectivity index (χ2v) is 7.69. The van der Waals surface area contributed by atoms with Crippen molar-refractivity contribution in [2.75, 3.05) is 19.4 Å². The number of sulfonamides is 1. The summed E-state index contributed by atoms with van der Waals surface area (Å²) in [5.41, 5.74) is 0.735. The molecule has 0 bridgehead atoms. The minimum atomic E-state index is -3.43. The van der Waals surface area contributed by atoms with Crippen molar-refractivity contribution in [2.24, 2.45) is 0 Å². The molecule has 2 aromatic carbocycles. The number of nitrogens with one attached hydrogen (secondary N) is 1. The monoisotopic (exact) mass is 343 g/mol. The molecule has 1 heterocycles. The third kappa shape index (κ3) is 3.17. The highest BCUT2D eigenvalue weighted by Crippen LogP contribution is 2.24. The molecular formula is C17H17N3O3S. The molecule has 3 aromatic rings. The van der Waals surface area contributed by atoms with Gasteiger partial charge in [0.25, 0.3) is 0 Å². The predicted octanol–water partition coefficient (Wildman–Crippen LogP) is 2.93. The molecule has 0 unspecified atom stereocenters. The average molecular weight is 343 g/mol. The first-order valence-corrected chi connectivity index (χ1v) is 8.69. The van der Waals surface area contributed by atoms with Crippen LogP contribution in [0.3, 0.4) is 0 Å². The predicted molar refractivity (Wildman–Crippen MR) is 94.0 cm³/mol. The van der Waals surface area contributed by atoms with Crippen molar-refractivity contribution in [2.45, 2.75) is 4.90 Å². The van der Waals surface area contributed by atoms with Gasteiger partial charge in [-0.25, -0.2) is 17.7 Å². The summed E-state index contributed by atoms with van der Waals surface area (Å²) in [6, 6.07) is 13.4. The Hall–Kier alpha value is -2.64. The second-order valence-electron chi connectivity index (χ2n) is 5.54. The third-order valence-electron chi connectivity index (χ3n) is 3.61. The standard InChI is InChI=1S/C17H17N3O3S/c1-20(2)24(22,23)16-7-4-14(5-8-16)19-17-10-12-3-6-15(21)9-13(12)11-18-17/h3-11,21H,1-2H3,(H,18,19). The van der Waals surface area contributed by atoms with E-state index in [0.717, 1.165) is 16.5 Å². The van der Waals surface area contributed by atoms with Crippen molar-refractivity contribution in [3.05, 3.63) is 54.7 Å². The van der Waals surface area contributed by atoms with Gasteiger partial charge in [0.15, 0.2) is 0 Å². The number of benzene rings is 2. The van der Waals surface area contributed by atoms with E-state index in [1.807, 2.05) is 12.1 Å². The summed E-state index contributed by atoms with van der Waals surface area (Å²) in [7, 11) is -0.437. The van der Waals surface area contributed by atoms with Gasteiger partial charge in [-0.1, -0.05) is 6.07 Å². The largest absolute Gasteiger partial charge is 0.508 e. The number of phenols is 1. The topological polar surface area (TPSA) is 82.5 Å². The maximum absolute atomic E-state index is 12.0. The van der Waals surface area contributed by atoms with Crippen molar-refractivity contribution in [1.82, 2.24) is 9.29 Å². The number of hydrogen-bond acceptors (Lipinski definition) is 5. The van der Waals surface area contributed by atoms with E-state index in [9.17, 15) is 13.5 Å². The van der Waals surface area contributed by atoms with E-state index in [0.29, 0.717) is 5.82 Å². The van der Waals surface area contributed by atoms with Crippen molar-refractivity contribution < 1.29 is 13.5 Å². The molecule has 124 valence electrons. The molecule has 0 fully saturated rings. The van der Waals surface area contributed by atoms with Crippen LogP contribution in [0, 0.1) is 0 Å². The van der Waals surface area contributed by atoms with Gasteiger partial charge in [-0.2, -0.15) is 0 Å². The van der Waals surface area contributed by atoms with E-state index >= 15 is 0 Å². The van der Waals surface area contributed by atoms with Gasteiger partial charge in [0, 0.05) is 31.4 Å². The fourth-order valence-corrected chi connectivity index (χ4v) is 3.17. The van der Waals surface area contributed by atoms with Crippen LogP contribution in [0.2, 0.25) is 0 Å². The molecule has 24 heavy (non-hydrogen) atoms. The lowest BCUT2D eigenvalue weighted by Crippen LogP contribution is -2.22. The minimum Gasteiger partial charge on any atom is -0.508 e. The van der Waals surface area contributed by atoms with Gasteiger partial charge in [-0.15, -0.1) is 0 Å². The maximum Gasteiger partial charge on any atom is 0.242 e. The van der Waals surface area contributed by atoms with Crippen molar-refractivity contribution >= 4 is 32.3 Å². The maximum atomic E-state index is 12.0. The number of aromatic nitrogens is 1. The summed E-state index contributed by atoms with van der Waals surface area (Å²) in [4.78, 5) is 4.53. The summed E-state index contributed by atoms with van der Waals surface area (Å²) in [5.74, 6) is 0.833. The van der Waals surface area contributed by atoms with Crippen LogP contribution >= 0.6 is 0 Å². The summed E-state index contributed by atoms with van der Waals surface area (Å²) < 4.78 is 25.3. The Bertz CT molecular complexity index is 984. The van der Waals surface area contributed by atoms with E-state index in [1.165, 1.54) is 18.4 Å². The van der Waals surface area contributed by atoms with E-state index < -0.39 is 10.0 Å². The number of hydrogen-bond donors (Lipinski definition) is 2. The van der Waals surface area contributed by atoms with Gasteiger partial charge in [0.05, 0.1) is 4.90 Å². The van der Waals surface area contributed by atoms with Crippen LogP contribution in [0.25, 0.3) is 10.8 Å². The van der Waals surface area contributed by atoms with Gasteiger partial charge in [0.1, 0.15) is 11.6 Å². The lowest BCUT2D eigenvalue weighted by Gasteiger charge is -2.12. The molecule has 0 saturated heterocycles. The van der Waals surface area contributed by atoms with E-state index in [1.54, 1.807) is 42.6 Å². The van der Waals surface area contributed by atoms with Gasteiger partial charge < -0.3 is 10.4 Å². The fraction of sp³-hybridized carbons (Fsp3) is 0.118. The number of fused-ring (bicyclic) bond motifs is 1. The molecule has 0 aliphatic heterocycles. The zero-order valence-corrected chi connectivity index (χ0v) is 14.1. The molecule has 0 atom stereocenters. The second kappa shape index (κ2) is 6.10. The number of anilines is 2. The lowest BCUT2D eigenvalue weighted by atomic mass is 10.1. The van der Waals surface area contributed by atoms with Gasteiger partial charge in [0.2, 0.25) is 10.0 Å². The van der Waals surface area contributed by atoms with Gasteiger partial charge >= 0.3 is 0 Å². The Kier molecular flexibility index (Phi) is 4.13. The van der Waals surface area contributed by atoms with Crippen molar-refractivity contribution in [3.8, 4) is 5.75 Å². The summed E-state index contributed by atoms with van der Waals surface area (Å²) >= 11 is 0. The molecule has 6 nitrogen and oxygen atoms in total. The van der Waals surface area contributed by atoms with E-state index in [4.69, 9.17) is 0 Å². The molecule has 0 radical (unpaired) electrons. The summed E-state index contributed by atoms with van der Waals surface area (Å²) in [5, 5.41) is 14.4. The highest BCUT2D eigenvalue weighted by molar-refractivity contribution is 7.89. The quantitative estimate of drug-likeness (QED) is 0.761. The van der Waals surface area contributed by atoms with Gasteiger partial charge in [-0.3, -0.25) is 0 Å². The van der Waals surface area contributed by atoms with Crippen LogP contribution in [-0.2, 0) is 10.0 Å². The number of rotatable bonds is 4. The molecular weight excluding hydrogens is 326 g/mol. The molecule has 3 rings (SSSR count). The molecule has 0 aliphatic carbocycles. The number of nitrogens with zero attached hydrogens (tertiary/aromatic N) is 2. The molecule has 0 saturated carbocycles. The third-order valence-corrected chi connectivity index (χ3v) is 5.44. The molecule has 2 N–H and O–H groups in total. The first kappa shape index (κ1) is 16.2. The van der Waals surface area contributed by atoms with Crippen LogP contribution < -0.4 is 5.32 Å². The van der Waals surface area contributed by atoms with Crippen LogP contribution in [-0.4, -0.2) is 36.9 Å². The molecule has 0 aliphatic rings. The van der Waals surface area contributed by atoms with Crippen molar-refractivity contribution in [1.29, 1.82) is 0 Å². The highest BCUT2D eigenvalue weighted by atomic mass is 32.2. The first-order chi connectivity index (χ1) is 11.4. The number of phenolic OH excluding ortho intramolecular Hbond substituents is 1. The van der Waals surface area contributed by atoms with Crippen LogP contribution in [0.5, 0.6) is 5.75 Å². The summed E-state index contributed by atoms with van der Waals surface area (Å²) in [6.07, 6.45) is 1.67. The first-order valence-electron chi connectivity index (χ1n) is 7.25. The minimum absolute atomic E-state index is 0.197. The highest BCUT2D eigenvalue weighted by Gasteiger charge is 2.16. The Balaban J connectivity index is 1.85. The van der Waals surface area contributed by atoms with Crippen LogP contribution in [0.15, 0.2) is 59.6 Å². The average Bonchev–Trinajstić information content (AvgIpc) is 2.55. The van der Waals surface area contributed by atoms with Crippen LogP contribution in [0.1, 0.15) is 0 Å². The van der Waals surface area contributed by atoms with Crippen molar-refractivity contribution in [3.63, 3.8) is 0 Å². The SMILES string of the molecule is CN(C)S(=O)(=O)c1ccc(Nc2cc3ccc(O)cc3cn2)cc1. The Morgan fingerprint density at radius 1 is 1.00 bits per heavy atom. The fourth-order valence-electron chi connectivity index (χ4n) is 2.27. The summed E-state index contributed by atoms with van der Waals surface area (Å²) in [6.45, 7) is 0. The Morgan fingerprint density at radius 2 is 1.71 bits per heavy atom. The lowest BCUT2D eigenvalue weighted by molar-refractivity contribution is 0.476. The molecule has 0 spiro atoms. The molecule has 1 aromatic heterocycles. The Morgan fingerprint density at radius 3 is 2.38 bits per heavy atom. The zero-order chi connectivity index (χ0) is 17.3. The van der Waals surface area contributed by atoms with E-state index in [-0.39, 0.29) is 10.6 Å². The van der Waals surface area contributed by atoms with Gasteiger partial charge in [-0.05, 0) is 47.9 Å². The Labute approximate surface area is 140 Å². The smallest absolute Gasteiger partial charge is 0.242 e.